The smallest absolute Gasteiger partial charge is 0.378 e. The van der Waals surface area contributed by atoms with Crippen LogP contribution in [0.2, 0.25) is 0 Å². The predicted octanol–water partition coefficient (Wildman–Crippen LogP) is 3.89. The second kappa shape index (κ2) is 5.76. The molecule has 0 amide bonds. The van der Waals surface area contributed by atoms with Gasteiger partial charge in [-0.25, -0.2) is 13.2 Å². The molecule has 3 nitrogen and oxygen atoms in total. The van der Waals surface area contributed by atoms with E-state index in [1.54, 1.807) is 0 Å². The molecule has 2 aromatic carbocycles. The fourth-order valence-corrected chi connectivity index (χ4v) is 2.76. The maximum Gasteiger partial charge on any atom is 0.420 e. The monoisotopic (exact) mass is 356 g/mol. The number of para-hydroxylation sites is 1. The van der Waals surface area contributed by atoms with Crippen molar-refractivity contribution in [1.29, 1.82) is 0 Å². The van der Waals surface area contributed by atoms with Crippen molar-refractivity contribution < 1.29 is 38.9 Å². The first kappa shape index (κ1) is 17.1. The molecule has 0 bridgehead atoms. The first-order chi connectivity index (χ1) is 10.5. The Morgan fingerprint density at radius 3 is 1.96 bits per heavy atom. The summed E-state index contributed by atoms with van der Waals surface area (Å²) in [6, 6.07) is 3.34. The van der Waals surface area contributed by atoms with Gasteiger partial charge in [0.15, 0.2) is 22.3 Å². The molecule has 0 aliphatic rings. The summed E-state index contributed by atoms with van der Waals surface area (Å²) in [5, 5.41) is 0. The number of hydrogen-bond acceptors (Lipinski definition) is 3. The Morgan fingerprint density at radius 1 is 0.913 bits per heavy atom. The molecular formula is C13H6F6O3S. The third-order valence-electron chi connectivity index (χ3n) is 2.61. The Morgan fingerprint density at radius 2 is 1.43 bits per heavy atom. The molecule has 23 heavy (non-hydrogen) atoms. The Kier molecular flexibility index (Phi) is 4.29. The van der Waals surface area contributed by atoms with Crippen molar-refractivity contribution in [2.45, 2.75) is 11.1 Å². The van der Waals surface area contributed by atoms with Gasteiger partial charge in [-0.2, -0.15) is 21.6 Å². The number of benzene rings is 2. The van der Waals surface area contributed by atoms with Gasteiger partial charge < -0.3 is 4.18 Å². The highest BCUT2D eigenvalue weighted by atomic mass is 32.2. The predicted molar refractivity (Wildman–Crippen MR) is 65.6 cm³/mol. The molecule has 0 aromatic heterocycles. The van der Waals surface area contributed by atoms with Gasteiger partial charge in [0.05, 0.1) is 5.56 Å². The lowest BCUT2D eigenvalue weighted by atomic mass is 10.2. The molecule has 124 valence electrons. The van der Waals surface area contributed by atoms with Crippen LogP contribution in [0.1, 0.15) is 5.56 Å². The number of alkyl halides is 3. The molecule has 0 atom stereocenters. The van der Waals surface area contributed by atoms with E-state index in [9.17, 15) is 34.8 Å². The van der Waals surface area contributed by atoms with E-state index in [0.717, 1.165) is 12.1 Å². The largest absolute Gasteiger partial charge is 0.420 e. The minimum Gasteiger partial charge on any atom is -0.378 e. The zero-order chi connectivity index (χ0) is 17.4. The van der Waals surface area contributed by atoms with Gasteiger partial charge in [0.2, 0.25) is 0 Å². The molecule has 0 spiro atoms. The Labute approximate surface area is 126 Å². The van der Waals surface area contributed by atoms with Gasteiger partial charge in [0, 0.05) is 12.1 Å². The van der Waals surface area contributed by atoms with Gasteiger partial charge in [-0.05, 0) is 12.1 Å². The topological polar surface area (TPSA) is 43.4 Å². The highest BCUT2D eigenvalue weighted by molar-refractivity contribution is 7.87. The average Bonchev–Trinajstić information content (AvgIpc) is 2.35. The van der Waals surface area contributed by atoms with Crippen LogP contribution < -0.4 is 4.18 Å². The highest BCUT2D eigenvalue weighted by Gasteiger charge is 2.36. The van der Waals surface area contributed by atoms with Crippen LogP contribution in [-0.2, 0) is 16.3 Å². The average molecular weight is 356 g/mol. The van der Waals surface area contributed by atoms with Gasteiger partial charge in [0.25, 0.3) is 0 Å². The van der Waals surface area contributed by atoms with Crippen molar-refractivity contribution in [3.8, 4) is 5.75 Å². The summed E-state index contributed by atoms with van der Waals surface area (Å²) in [7, 11) is -5.29. The van der Waals surface area contributed by atoms with Gasteiger partial charge in [-0.1, -0.05) is 12.1 Å². The first-order valence-corrected chi connectivity index (χ1v) is 7.18. The van der Waals surface area contributed by atoms with Gasteiger partial charge in [0.1, 0.15) is 5.82 Å². The van der Waals surface area contributed by atoms with E-state index in [4.69, 9.17) is 0 Å². The molecule has 10 heteroatoms. The SMILES string of the molecule is O=S(=O)(Oc1ccccc1C(F)(F)F)c1c(F)cc(F)cc1F. The molecule has 0 heterocycles. The van der Waals surface area contributed by atoms with Crippen molar-refractivity contribution in [3.05, 3.63) is 59.4 Å². The van der Waals surface area contributed by atoms with Crippen LogP contribution in [0.4, 0.5) is 26.3 Å². The van der Waals surface area contributed by atoms with E-state index in [1.807, 2.05) is 0 Å². The normalized spacial score (nSPS) is 12.3. The van der Waals surface area contributed by atoms with E-state index in [1.165, 1.54) is 0 Å². The summed E-state index contributed by atoms with van der Waals surface area (Å²) in [6.45, 7) is 0. The highest BCUT2D eigenvalue weighted by Crippen LogP contribution is 2.37. The molecule has 2 rings (SSSR count). The van der Waals surface area contributed by atoms with E-state index < -0.39 is 50.0 Å². The van der Waals surface area contributed by atoms with Gasteiger partial charge in [-0.3, -0.25) is 0 Å². The number of rotatable bonds is 3. The molecule has 0 aliphatic carbocycles. The second-order valence-corrected chi connectivity index (χ2v) is 5.71. The molecule has 0 radical (unpaired) electrons. The summed E-state index contributed by atoms with van der Waals surface area (Å²) >= 11 is 0. The van der Waals surface area contributed by atoms with Crippen molar-refractivity contribution in [1.82, 2.24) is 0 Å². The van der Waals surface area contributed by atoms with Crippen LogP contribution in [0.25, 0.3) is 0 Å². The Balaban J connectivity index is 2.53. The van der Waals surface area contributed by atoms with Crippen molar-refractivity contribution >= 4 is 10.1 Å². The lowest BCUT2D eigenvalue weighted by Crippen LogP contribution is -2.17. The third-order valence-corrected chi connectivity index (χ3v) is 3.89. The van der Waals surface area contributed by atoms with E-state index in [-0.39, 0.29) is 12.1 Å². The zero-order valence-corrected chi connectivity index (χ0v) is 11.7. The molecule has 0 unspecified atom stereocenters. The number of hydrogen-bond donors (Lipinski definition) is 0. The lowest BCUT2D eigenvalue weighted by molar-refractivity contribution is -0.138. The fraction of sp³-hybridized carbons (Fsp3) is 0.0769. The molecule has 0 saturated heterocycles. The lowest BCUT2D eigenvalue weighted by Gasteiger charge is -2.14. The third kappa shape index (κ3) is 3.58. The van der Waals surface area contributed by atoms with Gasteiger partial charge >= 0.3 is 16.3 Å². The van der Waals surface area contributed by atoms with Crippen molar-refractivity contribution in [2.75, 3.05) is 0 Å². The fourth-order valence-electron chi connectivity index (χ4n) is 1.70. The maximum absolute atomic E-state index is 13.5. The van der Waals surface area contributed by atoms with Crippen LogP contribution >= 0.6 is 0 Å². The summed E-state index contributed by atoms with van der Waals surface area (Å²) in [5.41, 5.74) is -1.45. The van der Waals surface area contributed by atoms with Gasteiger partial charge in [-0.15, -0.1) is 0 Å². The summed E-state index contributed by atoms with van der Waals surface area (Å²) in [5.74, 6) is -6.21. The minimum atomic E-state index is -5.29. The Hall–Kier alpha value is -2.23. The summed E-state index contributed by atoms with van der Waals surface area (Å²) in [6.07, 6.45) is -4.95. The molecule has 0 N–H and O–H groups in total. The molecule has 0 aliphatic heterocycles. The van der Waals surface area contributed by atoms with E-state index in [2.05, 4.69) is 4.18 Å². The zero-order valence-electron chi connectivity index (χ0n) is 10.9. The van der Waals surface area contributed by atoms with Crippen LogP contribution in [0.5, 0.6) is 5.75 Å². The van der Waals surface area contributed by atoms with Crippen molar-refractivity contribution in [3.63, 3.8) is 0 Å². The number of halogens is 6. The van der Waals surface area contributed by atoms with Crippen LogP contribution in [0.3, 0.4) is 0 Å². The van der Waals surface area contributed by atoms with Crippen LogP contribution in [0.15, 0.2) is 41.3 Å². The van der Waals surface area contributed by atoms with E-state index >= 15 is 0 Å². The maximum atomic E-state index is 13.5. The quantitative estimate of drug-likeness (QED) is 0.619. The second-order valence-electron chi connectivity index (χ2n) is 4.23. The van der Waals surface area contributed by atoms with Crippen LogP contribution in [0, 0.1) is 17.5 Å². The molecular weight excluding hydrogens is 350 g/mol. The van der Waals surface area contributed by atoms with Crippen molar-refractivity contribution in [2.24, 2.45) is 0 Å². The summed E-state index contributed by atoms with van der Waals surface area (Å²) in [4.78, 5) is -1.68. The minimum absolute atomic E-state index is 0.0645. The molecule has 0 fully saturated rings. The van der Waals surface area contributed by atoms with Crippen LogP contribution in [-0.4, -0.2) is 8.42 Å². The molecule has 0 saturated carbocycles. The Bertz CT molecular complexity index is 822. The summed E-state index contributed by atoms with van der Waals surface area (Å²) < 4.78 is 106. The first-order valence-electron chi connectivity index (χ1n) is 5.77. The molecule has 2 aromatic rings. The van der Waals surface area contributed by atoms with E-state index in [0.29, 0.717) is 12.1 Å². The standard InChI is InChI=1S/C13H6F6O3S/c14-7-5-9(15)12(10(16)6-7)23(20,21)22-11-4-2-1-3-8(11)13(17,18)19/h1-6H.